The summed E-state index contributed by atoms with van der Waals surface area (Å²) >= 11 is 1.33. The number of methoxy groups -OCH3 is 1. The summed E-state index contributed by atoms with van der Waals surface area (Å²) in [7, 11) is 1.58. The number of hydrogen-bond donors (Lipinski definition) is 0. The van der Waals surface area contributed by atoms with Crippen molar-refractivity contribution in [1.82, 2.24) is 4.98 Å². The van der Waals surface area contributed by atoms with Gasteiger partial charge in [-0.15, -0.1) is 11.3 Å². The number of ketones is 1. The van der Waals surface area contributed by atoms with E-state index in [4.69, 9.17) is 9.47 Å². The highest BCUT2D eigenvalue weighted by Crippen LogP contribution is 2.32. The molecule has 29 heavy (non-hydrogen) atoms. The van der Waals surface area contributed by atoms with E-state index in [1.807, 2.05) is 35.7 Å². The van der Waals surface area contributed by atoms with Crippen LogP contribution in [-0.4, -0.2) is 30.4 Å². The van der Waals surface area contributed by atoms with Gasteiger partial charge >= 0.3 is 0 Å². The zero-order chi connectivity index (χ0) is 20.4. The van der Waals surface area contributed by atoms with Crippen molar-refractivity contribution < 1.29 is 19.1 Å². The number of Topliss-reactive ketones (excluding diaryl/α,β-unsaturated/α-hetero) is 1. The average Bonchev–Trinajstić information content (AvgIpc) is 3.18. The standard InChI is InChI=1S/C22H18N2O4S/c1-14(25)24(17-6-5-7-18(11-17)27-2)22-23-16(13-29-22)10-15-12-28-20-9-4-3-8-19(20)21(15)26/h3-11,13H,12H2,1-2H3/b15-10+. The van der Waals surface area contributed by atoms with Gasteiger partial charge in [-0.05, 0) is 30.3 Å². The van der Waals surface area contributed by atoms with Crippen molar-refractivity contribution in [2.24, 2.45) is 0 Å². The van der Waals surface area contributed by atoms with Crippen molar-refractivity contribution in [3.63, 3.8) is 0 Å². The van der Waals surface area contributed by atoms with Gasteiger partial charge in [-0.2, -0.15) is 0 Å². The highest BCUT2D eigenvalue weighted by atomic mass is 32.1. The predicted molar refractivity (Wildman–Crippen MR) is 112 cm³/mol. The summed E-state index contributed by atoms with van der Waals surface area (Å²) in [6.45, 7) is 1.67. The number of rotatable bonds is 4. The Hall–Kier alpha value is -3.45. The molecule has 7 heteroatoms. The molecule has 0 saturated carbocycles. The summed E-state index contributed by atoms with van der Waals surface area (Å²) in [6, 6.07) is 14.4. The average molecular weight is 406 g/mol. The molecular weight excluding hydrogens is 388 g/mol. The minimum atomic E-state index is -0.169. The smallest absolute Gasteiger partial charge is 0.230 e. The lowest BCUT2D eigenvalue weighted by Gasteiger charge is -2.19. The lowest BCUT2D eigenvalue weighted by molar-refractivity contribution is -0.115. The first-order valence-electron chi connectivity index (χ1n) is 8.94. The monoisotopic (exact) mass is 406 g/mol. The van der Waals surface area contributed by atoms with Gasteiger partial charge < -0.3 is 9.47 Å². The molecule has 1 aromatic heterocycles. The quantitative estimate of drug-likeness (QED) is 0.597. The first-order chi connectivity index (χ1) is 14.1. The molecule has 0 radical (unpaired) electrons. The van der Waals surface area contributed by atoms with Gasteiger partial charge in [0.25, 0.3) is 0 Å². The summed E-state index contributed by atoms with van der Waals surface area (Å²) < 4.78 is 10.9. The van der Waals surface area contributed by atoms with Crippen LogP contribution in [0.2, 0.25) is 0 Å². The Kier molecular flexibility index (Phi) is 5.14. The van der Waals surface area contributed by atoms with Crippen molar-refractivity contribution in [3.8, 4) is 11.5 Å². The van der Waals surface area contributed by atoms with Crippen LogP contribution in [-0.2, 0) is 4.79 Å². The van der Waals surface area contributed by atoms with Crippen molar-refractivity contribution in [3.05, 3.63) is 70.7 Å². The lowest BCUT2D eigenvalue weighted by atomic mass is 10.00. The Labute approximate surface area is 172 Å². The van der Waals surface area contributed by atoms with Crippen molar-refractivity contribution in [1.29, 1.82) is 0 Å². The van der Waals surface area contributed by atoms with Crippen LogP contribution in [0.4, 0.5) is 10.8 Å². The molecule has 0 bridgehead atoms. The van der Waals surface area contributed by atoms with E-state index in [0.29, 0.717) is 39.1 Å². The van der Waals surface area contributed by atoms with Crippen LogP contribution in [0.15, 0.2) is 59.5 Å². The van der Waals surface area contributed by atoms with Crippen molar-refractivity contribution >= 4 is 39.9 Å². The maximum Gasteiger partial charge on any atom is 0.230 e. The number of thiazole rings is 1. The molecule has 4 rings (SSSR count). The second-order valence-electron chi connectivity index (χ2n) is 6.39. The van der Waals surface area contributed by atoms with Gasteiger partial charge in [0.1, 0.15) is 18.1 Å². The molecule has 0 spiro atoms. The van der Waals surface area contributed by atoms with Crippen LogP contribution in [0, 0.1) is 0 Å². The normalized spacial score (nSPS) is 14.3. The van der Waals surface area contributed by atoms with Crippen LogP contribution in [0.3, 0.4) is 0 Å². The number of nitrogens with zero attached hydrogens (tertiary/aromatic N) is 2. The van der Waals surface area contributed by atoms with Crippen molar-refractivity contribution in [2.75, 3.05) is 18.6 Å². The number of aromatic nitrogens is 1. The maximum absolute atomic E-state index is 12.7. The van der Waals surface area contributed by atoms with E-state index in [0.717, 1.165) is 0 Å². The molecular formula is C22H18N2O4S. The highest BCUT2D eigenvalue weighted by Gasteiger charge is 2.24. The van der Waals surface area contributed by atoms with Crippen LogP contribution in [0.5, 0.6) is 11.5 Å². The third kappa shape index (κ3) is 3.77. The molecule has 0 unspecified atom stereocenters. The Morgan fingerprint density at radius 3 is 2.86 bits per heavy atom. The van der Waals surface area contributed by atoms with E-state index in [1.54, 1.807) is 31.4 Å². The van der Waals surface area contributed by atoms with Gasteiger partial charge in [-0.1, -0.05) is 18.2 Å². The summed E-state index contributed by atoms with van der Waals surface area (Å²) in [5.74, 6) is 1.00. The first kappa shape index (κ1) is 18.9. The molecule has 146 valence electrons. The minimum absolute atomic E-state index is 0.0716. The molecule has 0 fully saturated rings. The number of carbonyl (C=O) groups excluding carboxylic acids is 2. The van der Waals surface area contributed by atoms with Crippen LogP contribution < -0.4 is 14.4 Å². The molecule has 1 aliphatic heterocycles. The van der Waals surface area contributed by atoms with E-state index < -0.39 is 0 Å². The largest absolute Gasteiger partial charge is 0.497 e. The summed E-state index contributed by atoms with van der Waals surface area (Å²) in [6.07, 6.45) is 1.71. The molecule has 3 aromatic rings. The number of amides is 1. The van der Waals surface area contributed by atoms with E-state index in [9.17, 15) is 9.59 Å². The molecule has 2 heterocycles. The molecule has 0 aliphatic carbocycles. The molecule has 0 atom stereocenters. The Bertz CT molecular complexity index is 1120. The van der Waals surface area contributed by atoms with Gasteiger partial charge in [0, 0.05) is 23.9 Å². The molecule has 0 saturated heterocycles. The molecule has 1 amide bonds. The fraction of sp³-hybridized carbons (Fsp3) is 0.136. The number of benzene rings is 2. The number of ether oxygens (including phenoxy) is 2. The van der Waals surface area contributed by atoms with Crippen LogP contribution in [0.25, 0.3) is 6.08 Å². The van der Waals surface area contributed by atoms with E-state index in [1.165, 1.54) is 23.2 Å². The summed E-state index contributed by atoms with van der Waals surface area (Å²) in [5.41, 5.74) is 2.33. The fourth-order valence-electron chi connectivity index (χ4n) is 3.08. The highest BCUT2D eigenvalue weighted by molar-refractivity contribution is 7.14. The third-order valence-corrected chi connectivity index (χ3v) is 5.30. The van der Waals surface area contributed by atoms with Crippen LogP contribution >= 0.6 is 11.3 Å². The van der Waals surface area contributed by atoms with E-state index in [2.05, 4.69) is 4.98 Å². The minimum Gasteiger partial charge on any atom is -0.497 e. The number of fused-ring (bicyclic) bond motifs is 1. The summed E-state index contributed by atoms with van der Waals surface area (Å²) in [4.78, 5) is 31.1. The van der Waals surface area contributed by atoms with E-state index in [-0.39, 0.29) is 18.3 Å². The van der Waals surface area contributed by atoms with Gasteiger partial charge in [-0.3, -0.25) is 14.5 Å². The Morgan fingerprint density at radius 2 is 2.07 bits per heavy atom. The second kappa shape index (κ2) is 7.89. The second-order valence-corrected chi connectivity index (χ2v) is 7.23. The molecule has 6 nitrogen and oxygen atoms in total. The van der Waals surface area contributed by atoms with Gasteiger partial charge in [0.15, 0.2) is 10.9 Å². The predicted octanol–water partition coefficient (Wildman–Crippen LogP) is 4.50. The van der Waals surface area contributed by atoms with Crippen molar-refractivity contribution in [2.45, 2.75) is 6.92 Å². The maximum atomic E-state index is 12.7. The molecule has 2 aromatic carbocycles. The van der Waals surface area contributed by atoms with Gasteiger partial charge in [-0.25, -0.2) is 4.98 Å². The SMILES string of the molecule is COc1cccc(N(C(C)=O)c2nc(/C=C3\COc4ccccc4C3=O)cs2)c1. The molecule has 0 N–H and O–H groups in total. The zero-order valence-corrected chi connectivity index (χ0v) is 16.7. The first-order valence-corrected chi connectivity index (χ1v) is 9.82. The number of anilines is 2. The van der Waals surface area contributed by atoms with Crippen LogP contribution in [0.1, 0.15) is 23.0 Å². The fourth-order valence-corrected chi connectivity index (χ4v) is 3.93. The zero-order valence-electron chi connectivity index (χ0n) is 15.9. The van der Waals surface area contributed by atoms with Gasteiger partial charge in [0.2, 0.25) is 5.91 Å². The third-order valence-electron chi connectivity index (χ3n) is 4.46. The molecule has 1 aliphatic rings. The Morgan fingerprint density at radius 1 is 1.24 bits per heavy atom. The topological polar surface area (TPSA) is 68.7 Å². The lowest BCUT2D eigenvalue weighted by Crippen LogP contribution is -2.22. The van der Waals surface area contributed by atoms with Gasteiger partial charge in [0.05, 0.1) is 24.1 Å². The number of para-hydroxylation sites is 1. The number of carbonyl (C=O) groups is 2. The Balaban J connectivity index is 1.64. The van der Waals surface area contributed by atoms with E-state index >= 15 is 0 Å². The summed E-state index contributed by atoms with van der Waals surface area (Å²) in [5, 5.41) is 2.33. The number of hydrogen-bond acceptors (Lipinski definition) is 6.